The van der Waals surface area contributed by atoms with E-state index in [0.717, 1.165) is 23.6 Å². The van der Waals surface area contributed by atoms with Crippen LogP contribution in [0.25, 0.3) is 0 Å². The Labute approximate surface area is 106 Å². The van der Waals surface area contributed by atoms with Crippen LogP contribution in [-0.4, -0.2) is 26.2 Å². The Morgan fingerprint density at radius 1 is 1.33 bits per heavy atom. The maximum atomic E-state index is 12.3. The fourth-order valence-corrected chi connectivity index (χ4v) is 1.91. The molecular formula is C12H18FN5. The Morgan fingerprint density at radius 2 is 2.17 bits per heavy atom. The van der Waals surface area contributed by atoms with Gasteiger partial charge in [-0.3, -0.25) is 9.36 Å². The van der Waals surface area contributed by atoms with Gasteiger partial charge in [-0.05, 0) is 19.9 Å². The smallest absolute Gasteiger partial charge is 0.109 e. The summed E-state index contributed by atoms with van der Waals surface area (Å²) >= 11 is 0. The molecule has 0 aliphatic heterocycles. The Kier molecular flexibility index (Phi) is 3.96. The third-order valence-electron chi connectivity index (χ3n) is 2.96. The lowest BCUT2D eigenvalue weighted by Crippen LogP contribution is -2.09. The first-order valence-corrected chi connectivity index (χ1v) is 6.09. The molecule has 2 heterocycles. The van der Waals surface area contributed by atoms with Crippen LogP contribution in [0, 0.1) is 6.92 Å². The molecule has 0 atom stereocenters. The van der Waals surface area contributed by atoms with Crippen molar-refractivity contribution >= 4 is 5.69 Å². The fourth-order valence-electron chi connectivity index (χ4n) is 1.91. The molecule has 98 valence electrons. The Bertz CT molecular complexity index is 502. The van der Waals surface area contributed by atoms with Crippen molar-refractivity contribution in [2.45, 2.75) is 33.5 Å². The van der Waals surface area contributed by atoms with Gasteiger partial charge in [0.1, 0.15) is 6.67 Å². The van der Waals surface area contributed by atoms with Crippen LogP contribution in [0.3, 0.4) is 0 Å². The highest BCUT2D eigenvalue weighted by molar-refractivity contribution is 5.45. The minimum Gasteiger partial charge on any atom is -0.377 e. The predicted molar refractivity (Wildman–Crippen MR) is 68.2 cm³/mol. The third kappa shape index (κ3) is 2.52. The van der Waals surface area contributed by atoms with E-state index in [0.29, 0.717) is 13.1 Å². The Hall–Kier alpha value is -1.85. The van der Waals surface area contributed by atoms with Crippen molar-refractivity contribution in [1.82, 2.24) is 19.6 Å². The first-order valence-electron chi connectivity index (χ1n) is 6.09. The molecule has 5 nitrogen and oxygen atoms in total. The normalized spacial score (nSPS) is 10.8. The number of anilines is 1. The highest BCUT2D eigenvalue weighted by atomic mass is 19.1. The fraction of sp³-hybridized carbons (Fsp3) is 0.500. The van der Waals surface area contributed by atoms with Gasteiger partial charge in [-0.1, -0.05) is 0 Å². The molecule has 18 heavy (non-hydrogen) atoms. The molecule has 0 unspecified atom stereocenters. The van der Waals surface area contributed by atoms with Crippen LogP contribution >= 0.6 is 0 Å². The van der Waals surface area contributed by atoms with Gasteiger partial charge in [0.25, 0.3) is 0 Å². The van der Waals surface area contributed by atoms with E-state index in [1.54, 1.807) is 17.1 Å². The monoisotopic (exact) mass is 251 g/mol. The molecule has 2 aromatic heterocycles. The number of halogens is 1. The minimum atomic E-state index is -0.398. The second kappa shape index (κ2) is 5.66. The number of rotatable bonds is 6. The maximum Gasteiger partial charge on any atom is 0.109 e. The van der Waals surface area contributed by atoms with E-state index in [2.05, 4.69) is 22.4 Å². The predicted octanol–water partition coefficient (Wildman–Crippen LogP) is 1.99. The van der Waals surface area contributed by atoms with Crippen LogP contribution < -0.4 is 5.32 Å². The van der Waals surface area contributed by atoms with Crippen LogP contribution in [0.2, 0.25) is 0 Å². The van der Waals surface area contributed by atoms with Gasteiger partial charge < -0.3 is 5.32 Å². The lowest BCUT2D eigenvalue weighted by atomic mass is 10.3. The summed E-state index contributed by atoms with van der Waals surface area (Å²) in [5, 5.41) is 11.7. The molecule has 0 amide bonds. The molecule has 0 aliphatic carbocycles. The zero-order chi connectivity index (χ0) is 13.0. The number of nitrogens with one attached hydrogen (secondary N) is 1. The lowest BCUT2D eigenvalue weighted by molar-refractivity contribution is 0.423. The van der Waals surface area contributed by atoms with Crippen LogP contribution in [0.5, 0.6) is 0 Å². The van der Waals surface area contributed by atoms with E-state index in [4.69, 9.17) is 0 Å². The van der Waals surface area contributed by atoms with Crippen LogP contribution in [0.4, 0.5) is 10.1 Å². The number of aromatic nitrogens is 4. The molecule has 0 fully saturated rings. The molecule has 0 spiro atoms. The first kappa shape index (κ1) is 12.6. The summed E-state index contributed by atoms with van der Waals surface area (Å²) in [7, 11) is 0. The molecule has 0 aromatic carbocycles. The topological polar surface area (TPSA) is 47.7 Å². The number of hydrogen-bond donors (Lipinski definition) is 1. The molecule has 0 saturated carbocycles. The maximum absolute atomic E-state index is 12.3. The van der Waals surface area contributed by atoms with E-state index in [9.17, 15) is 4.39 Å². The van der Waals surface area contributed by atoms with Crippen molar-refractivity contribution < 1.29 is 4.39 Å². The third-order valence-corrected chi connectivity index (χ3v) is 2.96. The summed E-state index contributed by atoms with van der Waals surface area (Å²) in [6, 6.07) is 1.98. The van der Waals surface area contributed by atoms with Gasteiger partial charge in [-0.2, -0.15) is 10.2 Å². The molecule has 2 aromatic rings. The van der Waals surface area contributed by atoms with Gasteiger partial charge in [0.05, 0.1) is 36.4 Å². The molecular weight excluding hydrogens is 233 g/mol. The van der Waals surface area contributed by atoms with Gasteiger partial charge >= 0.3 is 0 Å². The molecule has 0 radical (unpaired) electrons. The Balaban J connectivity index is 2.02. The minimum absolute atomic E-state index is 0.306. The summed E-state index contributed by atoms with van der Waals surface area (Å²) in [4.78, 5) is 0. The molecule has 1 N–H and O–H groups in total. The second-order valence-corrected chi connectivity index (χ2v) is 4.05. The van der Waals surface area contributed by atoms with Crippen molar-refractivity contribution in [3.63, 3.8) is 0 Å². The highest BCUT2D eigenvalue weighted by Crippen LogP contribution is 2.14. The van der Waals surface area contributed by atoms with Crippen molar-refractivity contribution in [2.75, 3.05) is 12.0 Å². The van der Waals surface area contributed by atoms with Crippen molar-refractivity contribution in [3.8, 4) is 0 Å². The summed E-state index contributed by atoms with van der Waals surface area (Å²) < 4.78 is 15.9. The van der Waals surface area contributed by atoms with Crippen molar-refractivity contribution in [1.29, 1.82) is 0 Å². The zero-order valence-electron chi connectivity index (χ0n) is 10.7. The first-order chi connectivity index (χ1) is 8.76. The van der Waals surface area contributed by atoms with Gasteiger partial charge in [-0.15, -0.1) is 0 Å². The molecule has 0 saturated heterocycles. The lowest BCUT2D eigenvalue weighted by Gasteiger charge is -2.08. The molecule has 2 rings (SSSR count). The van der Waals surface area contributed by atoms with Crippen molar-refractivity contribution in [2.24, 2.45) is 0 Å². The summed E-state index contributed by atoms with van der Waals surface area (Å²) in [5.74, 6) is 0. The quantitative estimate of drug-likeness (QED) is 0.854. The van der Waals surface area contributed by atoms with Crippen molar-refractivity contribution in [3.05, 3.63) is 29.8 Å². The SMILES string of the molecule is CCn1nccc1CNc1cnn(CCF)c1C. The molecule has 0 aliphatic rings. The Morgan fingerprint density at radius 3 is 2.89 bits per heavy atom. The van der Waals surface area contributed by atoms with E-state index < -0.39 is 6.67 Å². The highest BCUT2D eigenvalue weighted by Gasteiger charge is 2.07. The summed E-state index contributed by atoms with van der Waals surface area (Å²) in [6.45, 7) is 5.44. The van der Waals surface area contributed by atoms with Gasteiger partial charge in [0, 0.05) is 12.7 Å². The van der Waals surface area contributed by atoms with Gasteiger partial charge in [0.2, 0.25) is 0 Å². The van der Waals surface area contributed by atoms with Crippen LogP contribution in [-0.2, 0) is 19.6 Å². The number of nitrogens with zero attached hydrogens (tertiary/aromatic N) is 4. The van der Waals surface area contributed by atoms with E-state index in [1.165, 1.54) is 0 Å². The standard InChI is InChI=1S/C12H18FN5/c1-3-17-11(4-6-15-17)8-14-12-9-16-18(7-5-13)10(12)2/h4,6,9,14H,3,5,7-8H2,1-2H3. The number of aryl methyl sites for hydroxylation is 2. The van der Waals surface area contributed by atoms with Gasteiger partial charge in [0.15, 0.2) is 0 Å². The van der Waals surface area contributed by atoms with Gasteiger partial charge in [-0.25, -0.2) is 4.39 Å². The largest absolute Gasteiger partial charge is 0.377 e. The van der Waals surface area contributed by atoms with E-state index in [-0.39, 0.29) is 0 Å². The zero-order valence-corrected chi connectivity index (χ0v) is 10.7. The summed E-state index contributed by atoms with van der Waals surface area (Å²) in [5.41, 5.74) is 3.01. The average molecular weight is 251 g/mol. The van der Waals surface area contributed by atoms with Crippen LogP contribution in [0.15, 0.2) is 18.5 Å². The second-order valence-electron chi connectivity index (χ2n) is 4.05. The molecule has 6 heteroatoms. The summed E-state index contributed by atoms with van der Waals surface area (Å²) in [6.07, 6.45) is 3.53. The average Bonchev–Trinajstić information content (AvgIpc) is 2.96. The number of alkyl halides is 1. The van der Waals surface area contributed by atoms with Crippen LogP contribution in [0.1, 0.15) is 18.3 Å². The molecule has 0 bridgehead atoms. The van der Waals surface area contributed by atoms with E-state index in [1.807, 2.05) is 17.7 Å². The van der Waals surface area contributed by atoms with E-state index >= 15 is 0 Å². The number of hydrogen-bond acceptors (Lipinski definition) is 3.